The highest BCUT2D eigenvalue weighted by molar-refractivity contribution is 7.89. The molecule has 0 radical (unpaired) electrons. The minimum atomic E-state index is -4.88. The smallest absolute Gasteiger partial charge is 0.406 e. The number of benzene rings is 3. The summed E-state index contributed by atoms with van der Waals surface area (Å²) in [6.45, 7) is 0.206. The predicted molar refractivity (Wildman–Crippen MR) is 124 cm³/mol. The van der Waals surface area contributed by atoms with Crippen LogP contribution in [0.4, 0.5) is 22.0 Å². The van der Waals surface area contributed by atoms with Crippen molar-refractivity contribution in [3.05, 3.63) is 95.6 Å². The summed E-state index contributed by atoms with van der Waals surface area (Å²) in [4.78, 5) is 5.54. The molecule has 196 valence electrons. The van der Waals surface area contributed by atoms with Crippen molar-refractivity contribution in [2.75, 3.05) is 13.1 Å². The second-order valence-electron chi connectivity index (χ2n) is 8.18. The Balaban J connectivity index is 1.43. The van der Waals surface area contributed by atoms with Gasteiger partial charge < -0.3 is 9.57 Å². The lowest BCUT2D eigenvalue weighted by molar-refractivity contribution is -0.274. The Bertz CT molecular complexity index is 1290. The number of nitrogens with zero attached hydrogens (tertiary/aromatic N) is 2. The van der Waals surface area contributed by atoms with Crippen LogP contribution in [0.3, 0.4) is 0 Å². The molecule has 0 unspecified atom stereocenters. The molecule has 1 heterocycles. The van der Waals surface area contributed by atoms with Gasteiger partial charge in [-0.3, -0.25) is 0 Å². The van der Waals surface area contributed by atoms with Gasteiger partial charge in [-0.25, -0.2) is 17.2 Å². The normalized spacial score (nSPS) is 15.3. The molecule has 0 amide bonds. The molecule has 0 atom stereocenters. The predicted octanol–water partition coefficient (Wildman–Crippen LogP) is 5.49. The van der Waals surface area contributed by atoms with Crippen LogP contribution in [0.5, 0.6) is 5.75 Å². The Hall–Kier alpha value is -3.51. The number of oxime groups is 1. The molecule has 1 aliphatic heterocycles. The summed E-state index contributed by atoms with van der Waals surface area (Å²) in [7, 11) is -3.94. The molecule has 37 heavy (non-hydrogen) atoms. The van der Waals surface area contributed by atoms with E-state index in [-0.39, 0.29) is 18.0 Å². The third kappa shape index (κ3) is 6.83. The Morgan fingerprint density at radius 1 is 0.811 bits per heavy atom. The van der Waals surface area contributed by atoms with E-state index in [1.54, 1.807) is 0 Å². The fourth-order valence-corrected chi connectivity index (χ4v) is 5.22. The molecule has 0 spiro atoms. The van der Waals surface area contributed by atoms with Crippen LogP contribution in [0.1, 0.15) is 24.0 Å². The number of hydrogen-bond donors (Lipinski definition) is 0. The molecule has 3 aromatic carbocycles. The highest BCUT2D eigenvalue weighted by atomic mass is 32.2. The molecule has 1 aliphatic rings. The SMILES string of the molecule is O=S(=O)(c1ccc(OC(F)(F)F)cc1)N1CCC(ON=C(c2ccc(F)cc2)c2ccc(F)cc2)CC1. The van der Waals surface area contributed by atoms with Crippen LogP contribution in [0.25, 0.3) is 0 Å². The fraction of sp³-hybridized carbons (Fsp3) is 0.240. The molecule has 6 nitrogen and oxygen atoms in total. The summed E-state index contributed by atoms with van der Waals surface area (Å²) >= 11 is 0. The van der Waals surface area contributed by atoms with Crippen molar-refractivity contribution in [1.29, 1.82) is 0 Å². The van der Waals surface area contributed by atoms with Crippen LogP contribution in [0.2, 0.25) is 0 Å². The number of hydrogen-bond acceptors (Lipinski definition) is 5. The molecule has 1 fully saturated rings. The zero-order chi connectivity index (χ0) is 26.6. The van der Waals surface area contributed by atoms with Gasteiger partial charge >= 0.3 is 6.36 Å². The van der Waals surface area contributed by atoms with Gasteiger partial charge in [0.15, 0.2) is 0 Å². The number of sulfonamides is 1. The molecule has 3 aromatic rings. The molecular formula is C25H21F5N2O4S. The van der Waals surface area contributed by atoms with Crippen molar-refractivity contribution >= 4 is 15.7 Å². The monoisotopic (exact) mass is 540 g/mol. The topological polar surface area (TPSA) is 68.2 Å². The van der Waals surface area contributed by atoms with Crippen molar-refractivity contribution in [3.8, 4) is 5.75 Å². The highest BCUT2D eigenvalue weighted by Crippen LogP contribution is 2.27. The third-order valence-electron chi connectivity index (χ3n) is 5.62. The quantitative estimate of drug-likeness (QED) is 0.226. The summed E-state index contributed by atoms with van der Waals surface area (Å²) in [5, 5.41) is 4.23. The fourth-order valence-electron chi connectivity index (χ4n) is 3.76. The molecule has 0 aromatic heterocycles. The van der Waals surface area contributed by atoms with Gasteiger partial charge in [0.25, 0.3) is 0 Å². The van der Waals surface area contributed by atoms with Crippen molar-refractivity contribution in [1.82, 2.24) is 4.31 Å². The Morgan fingerprint density at radius 3 is 1.76 bits per heavy atom. The second-order valence-corrected chi connectivity index (χ2v) is 10.1. The molecule has 1 saturated heterocycles. The molecule has 0 bridgehead atoms. The number of ether oxygens (including phenoxy) is 1. The lowest BCUT2D eigenvalue weighted by atomic mass is 10.0. The summed E-state index contributed by atoms with van der Waals surface area (Å²) in [6.07, 6.45) is -4.70. The molecule has 4 rings (SSSR count). The van der Waals surface area contributed by atoms with Crippen molar-refractivity contribution in [2.24, 2.45) is 5.16 Å². The Kier molecular flexibility index (Phi) is 7.79. The molecule has 0 aliphatic carbocycles. The van der Waals surface area contributed by atoms with E-state index in [4.69, 9.17) is 4.84 Å². The first-order chi connectivity index (χ1) is 17.5. The minimum absolute atomic E-state index is 0.103. The molecular weight excluding hydrogens is 519 g/mol. The molecule has 0 N–H and O–H groups in total. The van der Waals surface area contributed by atoms with Gasteiger partial charge in [-0.05, 0) is 72.8 Å². The van der Waals surface area contributed by atoms with E-state index in [1.807, 2.05) is 0 Å². The van der Waals surface area contributed by atoms with Crippen molar-refractivity contribution in [2.45, 2.75) is 30.2 Å². The highest BCUT2D eigenvalue weighted by Gasteiger charge is 2.33. The number of rotatable bonds is 7. The summed E-state index contributed by atoms with van der Waals surface area (Å²) < 4.78 is 94.6. The van der Waals surface area contributed by atoms with E-state index in [0.29, 0.717) is 29.7 Å². The summed E-state index contributed by atoms with van der Waals surface area (Å²) in [6, 6.07) is 15.1. The second kappa shape index (κ2) is 10.9. The Labute approximate surface area is 210 Å². The maximum atomic E-state index is 13.4. The van der Waals surface area contributed by atoms with E-state index in [2.05, 4.69) is 9.89 Å². The van der Waals surface area contributed by atoms with E-state index in [0.717, 1.165) is 24.3 Å². The van der Waals surface area contributed by atoms with Crippen molar-refractivity contribution < 1.29 is 39.9 Å². The maximum absolute atomic E-state index is 13.4. The van der Waals surface area contributed by atoms with E-state index >= 15 is 0 Å². The minimum Gasteiger partial charge on any atom is -0.406 e. The largest absolute Gasteiger partial charge is 0.573 e. The van der Waals surface area contributed by atoms with Gasteiger partial charge in [-0.2, -0.15) is 4.31 Å². The van der Waals surface area contributed by atoms with Gasteiger partial charge in [0.05, 0.1) is 4.90 Å². The van der Waals surface area contributed by atoms with Crippen LogP contribution >= 0.6 is 0 Å². The van der Waals surface area contributed by atoms with E-state index in [1.165, 1.54) is 52.8 Å². The number of alkyl halides is 3. The number of halogens is 5. The van der Waals surface area contributed by atoms with Gasteiger partial charge in [0, 0.05) is 37.1 Å². The summed E-state index contributed by atoms with van der Waals surface area (Å²) in [5.74, 6) is -1.38. The lowest BCUT2D eigenvalue weighted by Gasteiger charge is -2.30. The third-order valence-corrected chi connectivity index (χ3v) is 7.54. The standard InChI is InChI=1S/C25H21F5N2O4S/c26-19-5-1-17(2-6-19)24(18-3-7-20(27)8-4-18)31-36-22-13-15-32(16-14-22)37(33,34)23-11-9-21(10-12-23)35-25(28,29)30/h1-12,22H,13-16H2. The lowest BCUT2D eigenvalue weighted by Crippen LogP contribution is -2.40. The summed E-state index contributed by atoms with van der Waals surface area (Å²) in [5.41, 5.74) is 1.45. The van der Waals surface area contributed by atoms with Crippen LogP contribution in [-0.4, -0.2) is 44.0 Å². The first-order valence-corrected chi connectivity index (χ1v) is 12.6. The zero-order valence-electron chi connectivity index (χ0n) is 19.2. The van der Waals surface area contributed by atoms with E-state index < -0.39 is 39.9 Å². The molecule has 12 heteroatoms. The van der Waals surface area contributed by atoms with Crippen LogP contribution in [-0.2, 0) is 14.9 Å². The average molecular weight is 541 g/mol. The van der Waals surface area contributed by atoms with Gasteiger partial charge in [0.1, 0.15) is 29.2 Å². The zero-order valence-corrected chi connectivity index (χ0v) is 20.0. The van der Waals surface area contributed by atoms with Gasteiger partial charge in [0.2, 0.25) is 10.0 Å². The molecule has 0 saturated carbocycles. The maximum Gasteiger partial charge on any atom is 0.573 e. The van der Waals surface area contributed by atoms with Crippen molar-refractivity contribution in [3.63, 3.8) is 0 Å². The van der Waals surface area contributed by atoms with Gasteiger partial charge in [-0.1, -0.05) is 5.16 Å². The van der Waals surface area contributed by atoms with Crippen LogP contribution in [0.15, 0.2) is 82.8 Å². The first-order valence-electron chi connectivity index (χ1n) is 11.1. The van der Waals surface area contributed by atoms with Crippen LogP contribution < -0.4 is 4.74 Å². The Morgan fingerprint density at radius 2 is 1.30 bits per heavy atom. The number of piperidine rings is 1. The van der Waals surface area contributed by atoms with E-state index in [9.17, 15) is 30.4 Å². The van der Waals surface area contributed by atoms with Crippen LogP contribution in [0, 0.1) is 11.6 Å². The van der Waals surface area contributed by atoms with Gasteiger partial charge in [-0.15, -0.1) is 13.2 Å². The average Bonchev–Trinajstić information content (AvgIpc) is 2.86. The first kappa shape index (κ1) is 26.6.